The second kappa shape index (κ2) is 4.64. The maximum Gasteiger partial charge on any atom is 0.312 e. The Morgan fingerprint density at radius 2 is 1.93 bits per heavy atom. The number of rotatable bonds is 2. The smallest absolute Gasteiger partial charge is 0.312 e. The van der Waals surface area contributed by atoms with Crippen LogP contribution < -0.4 is 0 Å². The van der Waals surface area contributed by atoms with Crippen molar-refractivity contribution in [3.63, 3.8) is 0 Å². The topological polar surface area (TPSA) is 57.6 Å². The van der Waals surface area contributed by atoms with Gasteiger partial charge in [0.2, 0.25) is 5.91 Å². The number of aliphatic carboxylic acids is 1. The van der Waals surface area contributed by atoms with Crippen LogP contribution in [0.15, 0.2) is 0 Å². The molecular weight excluding hydrogens is 194 g/mol. The van der Waals surface area contributed by atoms with Gasteiger partial charge in [-0.05, 0) is 25.2 Å². The van der Waals surface area contributed by atoms with E-state index in [1.54, 1.807) is 4.90 Å². The van der Waals surface area contributed by atoms with E-state index in [1.165, 1.54) is 0 Å². The highest BCUT2D eigenvalue weighted by Gasteiger charge is 2.32. The number of likely N-dealkylation sites (tertiary alicyclic amines) is 1. The van der Waals surface area contributed by atoms with Gasteiger partial charge in [-0.2, -0.15) is 0 Å². The first-order valence-corrected chi connectivity index (χ1v) is 5.43. The van der Waals surface area contributed by atoms with Gasteiger partial charge in [-0.15, -0.1) is 0 Å². The number of carboxylic acid groups (broad SMARTS) is 1. The number of hydrogen-bond donors (Lipinski definition) is 1. The van der Waals surface area contributed by atoms with Crippen LogP contribution in [0.4, 0.5) is 0 Å². The number of hydrogen-bond acceptors (Lipinski definition) is 2. The molecule has 1 aliphatic heterocycles. The molecule has 3 atom stereocenters. The molecule has 0 aromatic carbocycles. The lowest BCUT2D eigenvalue weighted by molar-refractivity contribution is -0.147. The fourth-order valence-corrected chi connectivity index (χ4v) is 2.28. The lowest BCUT2D eigenvalue weighted by Gasteiger charge is -2.41. The maximum absolute atomic E-state index is 11.7. The van der Waals surface area contributed by atoms with Crippen LogP contribution in [0, 0.1) is 11.8 Å². The number of carbonyl (C=O) groups excluding carboxylic acids is 1. The molecule has 4 nitrogen and oxygen atoms in total. The molecule has 3 unspecified atom stereocenters. The average Bonchev–Trinajstić information content (AvgIpc) is 2.09. The van der Waals surface area contributed by atoms with Crippen LogP contribution in [0.25, 0.3) is 0 Å². The van der Waals surface area contributed by atoms with Crippen LogP contribution in [0.3, 0.4) is 0 Å². The first-order chi connectivity index (χ1) is 6.91. The minimum Gasteiger partial charge on any atom is -0.481 e. The second-order valence-electron chi connectivity index (χ2n) is 4.68. The third-order valence-electron chi connectivity index (χ3n) is 3.22. The monoisotopic (exact) mass is 213 g/mol. The normalized spacial score (nSPS) is 31.4. The molecule has 0 bridgehead atoms. The highest BCUT2D eigenvalue weighted by molar-refractivity contribution is 5.93. The summed E-state index contributed by atoms with van der Waals surface area (Å²) in [6.07, 6.45) is 0.724. The summed E-state index contributed by atoms with van der Waals surface area (Å²) >= 11 is 0. The van der Waals surface area contributed by atoms with E-state index in [0.717, 1.165) is 6.42 Å². The molecular formula is C11H19NO3. The summed E-state index contributed by atoms with van der Waals surface area (Å²) in [5, 5.41) is 8.59. The second-order valence-corrected chi connectivity index (χ2v) is 4.68. The number of carboxylic acids is 1. The van der Waals surface area contributed by atoms with Gasteiger partial charge >= 0.3 is 5.97 Å². The van der Waals surface area contributed by atoms with E-state index in [4.69, 9.17) is 5.11 Å². The van der Waals surface area contributed by atoms with Crippen LogP contribution >= 0.6 is 0 Å². The molecule has 1 amide bonds. The van der Waals surface area contributed by atoms with E-state index >= 15 is 0 Å². The standard InChI is InChI=1S/C11H19NO3/c1-7-4-8(2)9(3)12(6-7)10(13)5-11(14)15/h7-9H,4-6H2,1-3H3,(H,14,15). The zero-order valence-corrected chi connectivity index (χ0v) is 9.56. The summed E-state index contributed by atoms with van der Waals surface area (Å²) in [6, 6.07) is 0.160. The van der Waals surface area contributed by atoms with Gasteiger partial charge in [-0.3, -0.25) is 9.59 Å². The largest absolute Gasteiger partial charge is 0.481 e. The quantitative estimate of drug-likeness (QED) is 0.704. The van der Waals surface area contributed by atoms with Crippen molar-refractivity contribution in [2.45, 2.75) is 39.7 Å². The van der Waals surface area contributed by atoms with Crippen molar-refractivity contribution in [3.05, 3.63) is 0 Å². The summed E-state index contributed by atoms with van der Waals surface area (Å²) in [7, 11) is 0. The van der Waals surface area contributed by atoms with E-state index in [2.05, 4.69) is 13.8 Å². The highest BCUT2D eigenvalue weighted by atomic mass is 16.4. The third-order valence-corrected chi connectivity index (χ3v) is 3.22. The molecule has 0 aromatic heterocycles. The minimum atomic E-state index is -1.04. The van der Waals surface area contributed by atoms with Crippen LogP contribution in [0.1, 0.15) is 33.6 Å². The molecule has 1 saturated heterocycles. The van der Waals surface area contributed by atoms with Gasteiger partial charge in [0.1, 0.15) is 6.42 Å². The summed E-state index contributed by atoms with van der Waals surface area (Å²) in [5.74, 6) is -0.382. The number of carbonyl (C=O) groups is 2. The van der Waals surface area contributed by atoms with Crippen molar-refractivity contribution in [2.75, 3.05) is 6.54 Å². The zero-order valence-electron chi connectivity index (χ0n) is 9.56. The Bertz CT molecular complexity index is 265. The van der Waals surface area contributed by atoms with Crippen molar-refractivity contribution in [1.29, 1.82) is 0 Å². The predicted octanol–water partition coefficient (Wildman–Crippen LogP) is 1.35. The Morgan fingerprint density at radius 3 is 2.47 bits per heavy atom. The first kappa shape index (κ1) is 12.0. The van der Waals surface area contributed by atoms with E-state index in [1.807, 2.05) is 6.92 Å². The molecule has 15 heavy (non-hydrogen) atoms. The summed E-state index contributed by atoms with van der Waals surface area (Å²) in [5.41, 5.74) is 0. The molecule has 1 aliphatic rings. The Balaban J connectivity index is 2.66. The van der Waals surface area contributed by atoms with Crippen LogP contribution in [0.2, 0.25) is 0 Å². The fraction of sp³-hybridized carbons (Fsp3) is 0.818. The van der Waals surface area contributed by atoms with Gasteiger partial charge in [-0.1, -0.05) is 13.8 Å². The van der Waals surface area contributed by atoms with Crippen LogP contribution in [-0.2, 0) is 9.59 Å². The van der Waals surface area contributed by atoms with Crippen molar-refractivity contribution >= 4 is 11.9 Å². The van der Waals surface area contributed by atoms with Gasteiger partial charge in [0, 0.05) is 12.6 Å². The zero-order chi connectivity index (χ0) is 11.6. The summed E-state index contributed by atoms with van der Waals surface area (Å²) in [6.45, 7) is 6.90. The van der Waals surface area contributed by atoms with Crippen molar-refractivity contribution < 1.29 is 14.7 Å². The van der Waals surface area contributed by atoms with Crippen LogP contribution in [0.5, 0.6) is 0 Å². The van der Waals surface area contributed by atoms with Gasteiger partial charge in [-0.25, -0.2) is 0 Å². The SMILES string of the molecule is CC1CC(C)C(C)N(C(=O)CC(=O)O)C1. The first-order valence-electron chi connectivity index (χ1n) is 5.43. The molecule has 1 fully saturated rings. The molecule has 0 aliphatic carbocycles. The number of nitrogens with zero attached hydrogens (tertiary/aromatic N) is 1. The summed E-state index contributed by atoms with van der Waals surface area (Å²) < 4.78 is 0. The molecule has 1 rings (SSSR count). The molecule has 0 aromatic rings. The molecule has 1 heterocycles. The Hall–Kier alpha value is -1.06. The van der Waals surface area contributed by atoms with E-state index in [9.17, 15) is 9.59 Å². The third kappa shape index (κ3) is 2.94. The van der Waals surface area contributed by atoms with E-state index in [-0.39, 0.29) is 18.4 Å². The average molecular weight is 213 g/mol. The van der Waals surface area contributed by atoms with Gasteiger partial charge < -0.3 is 10.0 Å². The highest BCUT2D eigenvalue weighted by Crippen LogP contribution is 2.27. The Morgan fingerprint density at radius 1 is 1.33 bits per heavy atom. The Labute approximate surface area is 90.3 Å². The Kier molecular flexibility index (Phi) is 3.72. The van der Waals surface area contributed by atoms with Gasteiger partial charge in [0.15, 0.2) is 0 Å². The van der Waals surface area contributed by atoms with E-state index in [0.29, 0.717) is 18.4 Å². The van der Waals surface area contributed by atoms with Crippen molar-refractivity contribution in [1.82, 2.24) is 4.90 Å². The number of amides is 1. The van der Waals surface area contributed by atoms with Gasteiger partial charge in [0.25, 0.3) is 0 Å². The lowest BCUT2D eigenvalue weighted by atomic mass is 9.86. The molecule has 86 valence electrons. The summed E-state index contributed by atoms with van der Waals surface area (Å²) in [4.78, 5) is 23.8. The fourth-order valence-electron chi connectivity index (χ4n) is 2.28. The lowest BCUT2D eigenvalue weighted by Crippen LogP contribution is -2.49. The molecule has 1 N–H and O–H groups in total. The van der Waals surface area contributed by atoms with E-state index < -0.39 is 5.97 Å². The van der Waals surface area contributed by atoms with Gasteiger partial charge in [0.05, 0.1) is 0 Å². The van der Waals surface area contributed by atoms with Crippen molar-refractivity contribution in [3.8, 4) is 0 Å². The predicted molar refractivity (Wildman–Crippen MR) is 56.4 cm³/mol. The van der Waals surface area contributed by atoms with Crippen molar-refractivity contribution in [2.24, 2.45) is 11.8 Å². The number of piperidine rings is 1. The molecule has 0 spiro atoms. The molecule has 0 saturated carbocycles. The van der Waals surface area contributed by atoms with Crippen LogP contribution in [-0.4, -0.2) is 34.5 Å². The molecule has 0 radical (unpaired) electrons. The maximum atomic E-state index is 11.7. The minimum absolute atomic E-state index is 0.160. The molecule has 4 heteroatoms.